The first-order valence-corrected chi connectivity index (χ1v) is 9.73. The van der Waals surface area contributed by atoms with E-state index in [0.29, 0.717) is 25.2 Å². The Bertz CT molecular complexity index is 701. The maximum atomic E-state index is 12.4. The highest BCUT2D eigenvalue weighted by atomic mass is 32.2. The minimum atomic E-state index is -3.39. The first kappa shape index (κ1) is 18.4. The van der Waals surface area contributed by atoms with Crippen molar-refractivity contribution in [3.8, 4) is 0 Å². The minimum Gasteiger partial charge on any atom is -0.351 e. The molecule has 2 amide bonds. The van der Waals surface area contributed by atoms with E-state index in [2.05, 4.69) is 10.6 Å². The van der Waals surface area contributed by atoms with Gasteiger partial charge in [0.05, 0.1) is 6.26 Å². The maximum absolute atomic E-state index is 12.4. The number of benzene rings is 1. The lowest BCUT2D eigenvalue weighted by atomic mass is 10.0. The number of sulfonamides is 1. The smallest absolute Gasteiger partial charge is 0.238 e. The van der Waals surface area contributed by atoms with Crippen LogP contribution in [0.2, 0.25) is 0 Å². The molecular formula is C16H23N3O4S. The topological polar surface area (TPSA) is 95.6 Å². The molecule has 24 heavy (non-hydrogen) atoms. The van der Waals surface area contributed by atoms with Crippen molar-refractivity contribution in [1.29, 1.82) is 0 Å². The van der Waals surface area contributed by atoms with E-state index in [4.69, 9.17) is 0 Å². The standard InChI is InChI=1S/C16H23N3O4S/c1-12(20)18-14-8-6-13(7-9-14)11-17-16(21)15-5-3-4-10-19(15)24(2,22)23/h6-9,15H,3-5,10-11H2,1-2H3,(H,17,21)(H,18,20)/t15-/m1/s1. The van der Waals surface area contributed by atoms with E-state index in [-0.39, 0.29) is 11.8 Å². The molecule has 1 aromatic rings. The van der Waals surface area contributed by atoms with Gasteiger partial charge in [0.1, 0.15) is 6.04 Å². The molecule has 0 aliphatic carbocycles. The Kier molecular flexibility index (Phi) is 5.95. The Morgan fingerprint density at radius 3 is 2.46 bits per heavy atom. The molecule has 0 bridgehead atoms. The van der Waals surface area contributed by atoms with Gasteiger partial charge in [-0.15, -0.1) is 0 Å². The molecule has 1 atom stereocenters. The van der Waals surface area contributed by atoms with E-state index in [9.17, 15) is 18.0 Å². The third-order valence-electron chi connectivity index (χ3n) is 3.92. The Balaban J connectivity index is 1.95. The minimum absolute atomic E-state index is 0.144. The van der Waals surface area contributed by atoms with Gasteiger partial charge < -0.3 is 10.6 Å². The highest BCUT2D eigenvalue weighted by Crippen LogP contribution is 2.20. The predicted octanol–water partition coefficient (Wildman–Crippen LogP) is 1.08. The fourth-order valence-corrected chi connectivity index (χ4v) is 3.90. The van der Waals surface area contributed by atoms with Crippen LogP contribution >= 0.6 is 0 Å². The second-order valence-electron chi connectivity index (χ2n) is 5.98. The second-order valence-corrected chi connectivity index (χ2v) is 7.92. The lowest BCUT2D eigenvalue weighted by Crippen LogP contribution is -2.51. The Labute approximate surface area is 142 Å². The summed E-state index contributed by atoms with van der Waals surface area (Å²) in [6.45, 7) is 2.14. The SMILES string of the molecule is CC(=O)Nc1ccc(CNC(=O)[C@H]2CCCCN2S(C)(=O)=O)cc1. The van der Waals surface area contributed by atoms with Crippen molar-refractivity contribution in [2.24, 2.45) is 0 Å². The van der Waals surface area contributed by atoms with Gasteiger partial charge in [-0.25, -0.2) is 8.42 Å². The average molecular weight is 353 g/mol. The van der Waals surface area contributed by atoms with Crippen LogP contribution in [0.4, 0.5) is 5.69 Å². The van der Waals surface area contributed by atoms with Crippen LogP contribution < -0.4 is 10.6 Å². The van der Waals surface area contributed by atoms with E-state index < -0.39 is 16.1 Å². The maximum Gasteiger partial charge on any atom is 0.238 e. The highest BCUT2D eigenvalue weighted by Gasteiger charge is 2.34. The number of carbonyl (C=O) groups excluding carboxylic acids is 2. The molecule has 1 saturated heterocycles. The molecule has 0 unspecified atom stereocenters. The monoisotopic (exact) mass is 353 g/mol. The van der Waals surface area contributed by atoms with Crippen molar-refractivity contribution in [1.82, 2.24) is 9.62 Å². The molecule has 0 aromatic heterocycles. The summed E-state index contributed by atoms with van der Waals surface area (Å²) in [4.78, 5) is 23.3. The van der Waals surface area contributed by atoms with E-state index in [1.807, 2.05) is 0 Å². The Hall–Kier alpha value is -1.93. The van der Waals surface area contributed by atoms with Crippen molar-refractivity contribution in [3.05, 3.63) is 29.8 Å². The molecule has 1 aliphatic rings. The van der Waals surface area contributed by atoms with Crippen LogP contribution in [-0.4, -0.2) is 43.4 Å². The molecule has 2 N–H and O–H groups in total. The molecule has 1 fully saturated rings. The lowest BCUT2D eigenvalue weighted by Gasteiger charge is -2.32. The summed E-state index contributed by atoms with van der Waals surface area (Å²) < 4.78 is 24.9. The number of piperidine rings is 1. The molecular weight excluding hydrogens is 330 g/mol. The molecule has 7 nitrogen and oxygen atoms in total. The third-order valence-corrected chi connectivity index (χ3v) is 5.21. The molecule has 0 spiro atoms. The van der Waals surface area contributed by atoms with Gasteiger partial charge >= 0.3 is 0 Å². The van der Waals surface area contributed by atoms with Crippen LogP contribution in [0.5, 0.6) is 0 Å². The number of rotatable bonds is 5. The van der Waals surface area contributed by atoms with Gasteiger partial charge in [0, 0.05) is 25.7 Å². The van der Waals surface area contributed by atoms with Crippen LogP contribution in [0, 0.1) is 0 Å². The number of amides is 2. The van der Waals surface area contributed by atoms with Crippen molar-refractivity contribution in [2.75, 3.05) is 18.1 Å². The van der Waals surface area contributed by atoms with Crippen LogP contribution in [0.25, 0.3) is 0 Å². The molecule has 1 aromatic carbocycles. The molecule has 0 saturated carbocycles. The van der Waals surface area contributed by atoms with Crippen LogP contribution in [0.15, 0.2) is 24.3 Å². The zero-order chi connectivity index (χ0) is 17.7. The first-order chi connectivity index (χ1) is 11.3. The van der Waals surface area contributed by atoms with Crippen LogP contribution in [-0.2, 0) is 26.2 Å². The summed E-state index contributed by atoms with van der Waals surface area (Å²) in [5.41, 5.74) is 1.56. The van der Waals surface area contributed by atoms with Gasteiger partial charge in [-0.1, -0.05) is 18.6 Å². The summed E-state index contributed by atoms with van der Waals surface area (Å²) >= 11 is 0. The lowest BCUT2D eigenvalue weighted by molar-refractivity contribution is -0.125. The highest BCUT2D eigenvalue weighted by molar-refractivity contribution is 7.88. The largest absolute Gasteiger partial charge is 0.351 e. The summed E-state index contributed by atoms with van der Waals surface area (Å²) in [6, 6.07) is 6.49. The number of hydrogen-bond acceptors (Lipinski definition) is 4. The number of anilines is 1. The predicted molar refractivity (Wildman–Crippen MR) is 91.8 cm³/mol. The van der Waals surface area contributed by atoms with Crippen molar-refractivity contribution < 1.29 is 18.0 Å². The molecule has 0 radical (unpaired) electrons. The molecule has 2 rings (SSSR count). The third kappa shape index (κ3) is 5.04. The Morgan fingerprint density at radius 1 is 1.21 bits per heavy atom. The Morgan fingerprint density at radius 2 is 1.88 bits per heavy atom. The van der Waals surface area contributed by atoms with E-state index in [1.54, 1.807) is 24.3 Å². The van der Waals surface area contributed by atoms with Gasteiger partial charge in [-0.2, -0.15) is 4.31 Å². The second kappa shape index (κ2) is 7.76. The fourth-order valence-electron chi connectivity index (χ4n) is 2.78. The van der Waals surface area contributed by atoms with Crippen molar-refractivity contribution in [3.63, 3.8) is 0 Å². The summed E-state index contributed by atoms with van der Waals surface area (Å²) in [6.07, 6.45) is 3.30. The summed E-state index contributed by atoms with van der Waals surface area (Å²) in [5.74, 6) is -0.416. The van der Waals surface area contributed by atoms with Crippen LogP contribution in [0.3, 0.4) is 0 Å². The van der Waals surface area contributed by atoms with Crippen molar-refractivity contribution >= 4 is 27.5 Å². The molecule has 8 heteroatoms. The van der Waals surface area contributed by atoms with E-state index >= 15 is 0 Å². The van der Waals surface area contributed by atoms with E-state index in [1.165, 1.54) is 11.2 Å². The molecule has 1 heterocycles. The van der Waals surface area contributed by atoms with Crippen molar-refractivity contribution in [2.45, 2.75) is 38.8 Å². The van der Waals surface area contributed by atoms with Gasteiger partial charge in [-0.05, 0) is 30.5 Å². The number of nitrogens with zero attached hydrogens (tertiary/aromatic N) is 1. The number of hydrogen-bond donors (Lipinski definition) is 2. The summed E-state index contributed by atoms with van der Waals surface area (Å²) in [5, 5.41) is 5.47. The first-order valence-electron chi connectivity index (χ1n) is 7.88. The molecule has 1 aliphatic heterocycles. The van der Waals surface area contributed by atoms with Gasteiger partial charge in [-0.3, -0.25) is 9.59 Å². The summed E-state index contributed by atoms with van der Waals surface area (Å²) in [7, 11) is -3.39. The van der Waals surface area contributed by atoms with Gasteiger partial charge in [0.2, 0.25) is 21.8 Å². The number of carbonyl (C=O) groups is 2. The number of nitrogens with one attached hydrogen (secondary N) is 2. The zero-order valence-corrected chi connectivity index (χ0v) is 14.7. The normalized spacial score (nSPS) is 18.8. The molecule has 132 valence electrons. The van der Waals surface area contributed by atoms with Crippen LogP contribution in [0.1, 0.15) is 31.7 Å². The van der Waals surface area contributed by atoms with Gasteiger partial charge in [0.25, 0.3) is 0 Å². The zero-order valence-electron chi connectivity index (χ0n) is 13.9. The van der Waals surface area contributed by atoms with E-state index in [0.717, 1.165) is 24.7 Å². The average Bonchev–Trinajstić information content (AvgIpc) is 2.52. The fraction of sp³-hybridized carbons (Fsp3) is 0.500. The van der Waals surface area contributed by atoms with Gasteiger partial charge in [0.15, 0.2) is 0 Å². The quantitative estimate of drug-likeness (QED) is 0.828.